The van der Waals surface area contributed by atoms with E-state index < -0.39 is 0 Å². The molecule has 2 saturated heterocycles. The van der Waals surface area contributed by atoms with Crippen LogP contribution in [0.5, 0.6) is 0 Å². The first-order valence-corrected chi connectivity index (χ1v) is 6.94. The molecule has 17 heavy (non-hydrogen) atoms. The topological polar surface area (TPSA) is 35.6 Å². The van der Waals surface area contributed by atoms with Gasteiger partial charge in [0.25, 0.3) is 0 Å². The molecule has 0 aromatic heterocycles. The molecule has 2 amide bonds. The molecule has 2 aliphatic heterocycles. The summed E-state index contributed by atoms with van der Waals surface area (Å²) in [6.45, 7) is 9.33. The van der Waals surface area contributed by atoms with Gasteiger partial charge < -0.3 is 15.1 Å². The van der Waals surface area contributed by atoms with Gasteiger partial charge in [0.15, 0.2) is 0 Å². The first kappa shape index (κ1) is 12.7. The predicted molar refractivity (Wildman–Crippen MR) is 69.0 cm³/mol. The van der Waals surface area contributed by atoms with Crippen LogP contribution < -0.4 is 5.32 Å². The third-order valence-electron chi connectivity index (χ3n) is 3.85. The van der Waals surface area contributed by atoms with Crippen LogP contribution in [0.3, 0.4) is 0 Å². The molecule has 2 aliphatic rings. The zero-order valence-electron chi connectivity index (χ0n) is 11.1. The van der Waals surface area contributed by atoms with Crippen molar-refractivity contribution in [2.75, 3.05) is 32.7 Å². The van der Waals surface area contributed by atoms with Gasteiger partial charge in [-0.05, 0) is 38.3 Å². The lowest BCUT2D eigenvalue weighted by Crippen LogP contribution is -2.45. The molecule has 2 fully saturated rings. The molecule has 4 heteroatoms. The van der Waals surface area contributed by atoms with Gasteiger partial charge in [-0.1, -0.05) is 13.8 Å². The molecule has 0 aliphatic carbocycles. The van der Waals surface area contributed by atoms with Gasteiger partial charge in [0, 0.05) is 25.7 Å². The summed E-state index contributed by atoms with van der Waals surface area (Å²) in [7, 11) is 0. The number of urea groups is 1. The summed E-state index contributed by atoms with van der Waals surface area (Å²) >= 11 is 0. The Balaban J connectivity index is 1.83. The normalized spacial score (nSPS) is 22.9. The summed E-state index contributed by atoms with van der Waals surface area (Å²) in [5, 5.41) is 3.35. The maximum atomic E-state index is 12.2. The molecule has 4 nitrogen and oxygen atoms in total. The maximum Gasteiger partial charge on any atom is 0.320 e. The number of hydrogen-bond acceptors (Lipinski definition) is 2. The number of piperidine rings is 1. The maximum absolute atomic E-state index is 12.2. The molecule has 0 spiro atoms. The van der Waals surface area contributed by atoms with Crippen molar-refractivity contribution >= 4 is 6.03 Å². The van der Waals surface area contributed by atoms with Gasteiger partial charge in [-0.3, -0.25) is 0 Å². The molecule has 0 saturated carbocycles. The van der Waals surface area contributed by atoms with E-state index in [0.29, 0.717) is 12.0 Å². The van der Waals surface area contributed by atoms with E-state index in [9.17, 15) is 4.79 Å². The molecule has 0 atom stereocenters. The molecule has 0 radical (unpaired) electrons. The van der Waals surface area contributed by atoms with Crippen LogP contribution in [0, 0.1) is 5.92 Å². The summed E-state index contributed by atoms with van der Waals surface area (Å²) in [4.78, 5) is 16.4. The third-order valence-corrected chi connectivity index (χ3v) is 3.85. The molecule has 2 rings (SSSR count). The van der Waals surface area contributed by atoms with Crippen LogP contribution in [-0.2, 0) is 0 Å². The largest absolute Gasteiger partial charge is 0.323 e. The lowest BCUT2D eigenvalue weighted by molar-refractivity contribution is 0.165. The highest BCUT2D eigenvalue weighted by Crippen LogP contribution is 2.19. The summed E-state index contributed by atoms with van der Waals surface area (Å²) in [6, 6.07) is 0.755. The van der Waals surface area contributed by atoms with E-state index in [0.717, 1.165) is 52.0 Å². The van der Waals surface area contributed by atoms with Crippen molar-refractivity contribution in [1.29, 1.82) is 0 Å². The van der Waals surface area contributed by atoms with Gasteiger partial charge in [-0.15, -0.1) is 0 Å². The number of rotatable bonds is 4. The third kappa shape index (κ3) is 3.12. The first-order chi connectivity index (χ1) is 8.18. The highest BCUT2D eigenvalue weighted by atomic mass is 16.2. The molecule has 0 aromatic carbocycles. The Morgan fingerprint density at radius 1 is 1.29 bits per heavy atom. The lowest BCUT2D eigenvalue weighted by atomic mass is 10.1. The van der Waals surface area contributed by atoms with Gasteiger partial charge in [0.2, 0.25) is 0 Å². The average molecular weight is 239 g/mol. The molecule has 2 heterocycles. The lowest BCUT2D eigenvalue weighted by Gasteiger charge is -2.31. The van der Waals surface area contributed by atoms with E-state index in [2.05, 4.69) is 24.1 Å². The van der Waals surface area contributed by atoms with Gasteiger partial charge >= 0.3 is 6.03 Å². The Morgan fingerprint density at radius 3 is 2.65 bits per heavy atom. The summed E-state index contributed by atoms with van der Waals surface area (Å²) in [5.41, 5.74) is 0. The van der Waals surface area contributed by atoms with E-state index in [4.69, 9.17) is 0 Å². The monoisotopic (exact) mass is 239 g/mol. The Kier molecular flexibility index (Phi) is 4.26. The van der Waals surface area contributed by atoms with E-state index in [1.54, 1.807) is 0 Å². The van der Waals surface area contributed by atoms with Crippen LogP contribution in [0.25, 0.3) is 0 Å². The molecule has 0 bridgehead atoms. The fourth-order valence-electron chi connectivity index (χ4n) is 2.68. The van der Waals surface area contributed by atoms with Crippen LogP contribution in [0.15, 0.2) is 0 Å². The fraction of sp³-hybridized carbons (Fsp3) is 0.923. The highest BCUT2D eigenvalue weighted by Gasteiger charge is 2.33. The van der Waals surface area contributed by atoms with E-state index >= 15 is 0 Å². The number of amides is 2. The molecular formula is C13H25N3O. The van der Waals surface area contributed by atoms with Crippen LogP contribution >= 0.6 is 0 Å². The van der Waals surface area contributed by atoms with Crippen molar-refractivity contribution in [1.82, 2.24) is 15.1 Å². The second-order valence-electron chi connectivity index (χ2n) is 5.63. The standard InChI is InChI=1S/C13H25N3O/c1-11(2)5-8-15-9-10-16(13(15)17)12-3-6-14-7-4-12/h11-12,14H,3-10H2,1-2H3. The minimum atomic E-state index is 0.276. The molecule has 0 aromatic rings. The van der Waals surface area contributed by atoms with Crippen molar-refractivity contribution in [3.63, 3.8) is 0 Å². The SMILES string of the molecule is CC(C)CCN1CCN(C2CCNCC2)C1=O. The van der Waals surface area contributed by atoms with Crippen LogP contribution in [-0.4, -0.2) is 54.6 Å². The first-order valence-electron chi connectivity index (χ1n) is 6.94. The Labute approximate surface area is 104 Å². The average Bonchev–Trinajstić information content (AvgIpc) is 2.69. The highest BCUT2D eigenvalue weighted by molar-refractivity contribution is 5.76. The van der Waals surface area contributed by atoms with Gasteiger partial charge in [-0.25, -0.2) is 4.79 Å². The zero-order chi connectivity index (χ0) is 12.3. The number of carbonyl (C=O) groups is 1. The summed E-state index contributed by atoms with van der Waals surface area (Å²) in [6.07, 6.45) is 3.35. The molecule has 0 unspecified atom stereocenters. The predicted octanol–water partition coefficient (Wildman–Crippen LogP) is 1.52. The second kappa shape index (κ2) is 5.71. The fourth-order valence-corrected chi connectivity index (χ4v) is 2.68. The van der Waals surface area contributed by atoms with E-state index in [1.807, 2.05) is 4.90 Å². The number of carbonyl (C=O) groups excluding carboxylic acids is 1. The van der Waals surface area contributed by atoms with Crippen LogP contribution in [0.2, 0.25) is 0 Å². The molecular weight excluding hydrogens is 214 g/mol. The summed E-state index contributed by atoms with van der Waals surface area (Å²) < 4.78 is 0. The van der Waals surface area contributed by atoms with Crippen LogP contribution in [0.1, 0.15) is 33.1 Å². The molecule has 98 valence electrons. The van der Waals surface area contributed by atoms with Crippen LogP contribution in [0.4, 0.5) is 4.79 Å². The zero-order valence-corrected chi connectivity index (χ0v) is 11.1. The number of hydrogen-bond donors (Lipinski definition) is 1. The van der Waals surface area contributed by atoms with Crippen molar-refractivity contribution in [2.24, 2.45) is 5.92 Å². The Morgan fingerprint density at radius 2 is 2.00 bits per heavy atom. The molecule has 1 N–H and O–H groups in total. The van der Waals surface area contributed by atoms with Gasteiger partial charge in [-0.2, -0.15) is 0 Å². The van der Waals surface area contributed by atoms with Gasteiger partial charge in [0.05, 0.1) is 0 Å². The second-order valence-corrected chi connectivity index (χ2v) is 5.63. The number of nitrogens with one attached hydrogen (secondary N) is 1. The van der Waals surface area contributed by atoms with Crippen molar-refractivity contribution in [2.45, 2.75) is 39.2 Å². The Bertz CT molecular complexity index is 261. The van der Waals surface area contributed by atoms with Crippen molar-refractivity contribution in [3.8, 4) is 0 Å². The van der Waals surface area contributed by atoms with E-state index in [1.165, 1.54) is 0 Å². The van der Waals surface area contributed by atoms with E-state index in [-0.39, 0.29) is 6.03 Å². The van der Waals surface area contributed by atoms with Crippen molar-refractivity contribution in [3.05, 3.63) is 0 Å². The van der Waals surface area contributed by atoms with Crippen molar-refractivity contribution < 1.29 is 4.79 Å². The van der Waals surface area contributed by atoms with Gasteiger partial charge in [0.1, 0.15) is 0 Å². The summed E-state index contributed by atoms with van der Waals surface area (Å²) in [5.74, 6) is 0.677. The quantitative estimate of drug-likeness (QED) is 0.807. The minimum Gasteiger partial charge on any atom is -0.323 e. The minimum absolute atomic E-state index is 0.276. The Hall–Kier alpha value is -0.770. The number of nitrogens with zero attached hydrogens (tertiary/aromatic N) is 2. The smallest absolute Gasteiger partial charge is 0.320 e.